The Bertz CT molecular complexity index is 1280. The highest BCUT2D eigenvalue weighted by Gasteiger charge is 2.37. The molecule has 1 aliphatic carbocycles. The van der Waals surface area contributed by atoms with Crippen molar-refractivity contribution in [1.29, 1.82) is 0 Å². The van der Waals surface area contributed by atoms with E-state index in [1.807, 2.05) is 36.5 Å². The zero-order chi connectivity index (χ0) is 20.9. The highest BCUT2D eigenvalue weighted by molar-refractivity contribution is 7.23. The van der Waals surface area contributed by atoms with Crippen LogP contribution < -0.4 is 11.1 Å². The van der Waals surface area contributed by atoms with Crippen LogP contribution in [-0.2, 0) is 0 Å². The first-order valence-electron chi connectivity index (χ1n) is 10.0. The summed E-state index contributed by atoms with van der Waals surface area (Å²) in [6.07, 6.45) is 5.31. The summed E-state index contributed by atoms with van der Waals surface area (Å²) in [5.41, 5.74) is 10.2. The van der Waals surface area contributed by atoms with Gasteiger partial charge in [0.1, 0.15) is 0 Å². The minimum Gasteiger partial charge on any atom is -0.355 e. The van der Waals surface area contributed by atoms with Gasteiger partial charge in [0.25, 0.3) is 5.91 Å². The number of benzene rings is 2. The lowest BCUT2D eigenvalue weighted by Crippen LogP contribution is -2.22. The Morgan fingerprint density at radius 3 is 2.60 bits per heavy atom. The quantitative estimate of drug-likeness (QED) is 0.463. The summed E-state index contributed by atoms with van der Waals surface area (Å²) in [4.78, 5) is 29.9. The molecule has 2 aromatic carbocycles. The highest BCUT2D eigenvalue weighted by atomic mass is 32.1. The molecule has 4 aromatic rings. The molecule has 7 heteroatoms. The second kappa shape index (κ2) is 7.04. The molecule has 1 saturated carbocycles. The number of hydrogen-bond donors (Lipinski definition) is 2. The molecule has 0 saturated heterocycles. The molecule has 2 aromatic heterocycles. The average molecular weight is 419 g/mol. The Kier molecular flexibility index (Phi) is 4.45. The van der Waals surface area contributed by atoms with Crippen LogP contribution in [0.1, 0.15) is 46.4 Å². The maximum atomic E-state index is 12.6. The molecule has 6 nitrogen and oxygen atoms in total. The smallest absolute Gasteiger partial charge is 0.251 e. The molecule has 1 aliphatic rings. The summed E-state index contributed by atoms with van der Waals surface area (Å²) in [6.45, 7) is 0. The molecule has 1 fully saturated rings. The Hall–Kier alpha value is -3.03. The summed E-state index contributed by atoms with van der Waals surface area (Å²) >= 11 is 1.57. The number of rotatable bonds is 6. The number of imidazole rings is 1. The average Bonchev–Trinajstić information content (AvgIpc) is 3.21. The molecule has 0 aliphatic heterocycles. The Balaban J connectivity index is 1.41. The van der Waals surface area contributed by atoms with Crippen LogP contribution >= 0.6 is 11.3 Å². The van der Waals surface area contributed by atoms with Gasteiger partial charge in [0.15, 0.2) is 10.7 Å². The number of amides is 1. The lowest BCUT2D eigenvalue weighted by atomic mass is 10.0. The Labute approximate surface area is 177 Å². The standard InChI is InChI=1S/C23H22N4O2S/c1-25-21(29)15-4-2-14(3-5-15)17-13-27-18-7-6-16(12-20(18)30-22(27)26-17)19(28)8-9-23(24)10-11-23/h2-7,12-13H,8-11,24H2,1H3,(H,25,29). The van der Waals surface area contributed by atoms with Crippen LogP contribution in [0, 0.1) is 0 Å². The highest BCUT2D eigenvalue weighted by Crippen LogP contribution is 2.37. The third-order valence-corrected chi connectivity index (χ3v) is 6.85. The van der Waals surface area contributed by atoms with Gasteiger partial charge in [-0.05, 0) is 49.6 Å². The zero-order valence-corrected chi connectivity index (χ0v) is 17.5. The minimum atomic E-state index is -0.109. The van der Waals surface area contributed by atoms with Crippen molar-refractivity contribution in [2.75, 3.05) is 7.05 Å². The molecule has 0 atom stereocenters. The minimum absolute atomic E-state index is 0.0989. The van der Waals surface area contributed by atoms with E-state index in [0.29, 0.717) is 12.0 Å². The van der Waals surface area contributed by atoms with E-state index in [0.717, 1.165) is 51.3 Å². The monoisotopic (exact) mass is 418 g/mol. The van der Waals surface area contributed by atoms with Crippen LogP contribution in [0.2, 0.25) is 0 Å². The van der Waals surface area contributed by atoms with Gasteiger partial charge in [-0.15, -0.1) is 0 Å². The first-order valence-corrected chi connectivity index (χ1v) is 10.8. The van der Waals surface area contributed by atoms with Crippen LogP contribution in [0.4, 0.5) is 0 Å². The number of fused-ring (bicyclic) bond motifs is 3. The van der Waals surface area contributed by atoms with E-state index in [4.69, 9.17) is 10.7 Å². The van der Waals surface area contributed by atoms with E-state index in [2.05, 4.69) is 9.72 Å². The third kappa shape index (κ3) is 3.40. The first kappa shape index (κ1) is 19.0. The van der Waals surface area contributed by atoms with E-state index in [1.165, 1.54) is 0 Å². The van der Waals surface area contributed by atoms with Crippen molar-refractivity contribution >= 4 is 38.2 Å². The molecule has 30 heavy (non-hydrogen) atoms. The summed E-state index contributed by atoms with van der Waals surface area (Å²) < 4.78 is 3.09. The zero-order valence-electron chi connectivity index (χ0n) is 16.6. The number of hydrogen-bond acceptors (Lipinski definition) is 5. The molecule has 0 radical (unpaired) electrons. The molecule has 3 N–H and O–H groups in total. The van der Waals surface area contributed by atoms with Crippen molar-refractivity contribution in [3.05, 3.63) is 59.8 Å². The van der Waals surface area contributed by atoms with Crippen molar-refractivity contribution in [3.63, 3.8) is 0 Å². The molecule has 1 amide bonds. The molecule has 5 rings (SSSR count). The van der Waals surface area contributed by atoms with Crippen molar-refractivity contribution in [2.24, 2.45) is 5.73 Å². The lowest BCUT2D eigenvalue weighted by molar-refractivity contribution is 0.0959. The summed E-state index contributed by atoms with van der Waals surface area (Å²) in [6, 6.07) is 13.2. The summed E-state index contributed by atoms with van der Waals surface area (Å²) in [7, 11) is 1.62. The van der Waals surface area contributed by atoms with Gasteiger partial charge in [0.2, 0.25) is 0 Å². The van der Waals surface area contributed by atoms with E-state index in [1.54, 1.807) is 30.5 Å². The van der Waals surface area contributed by atoms with Crippen molar-refractivity contribution in [1.82, 2.24) is 14.7 Å². The number of carbonyl (C=O) groups excluding carboxylic acids is 2. The summed E-state index contributed by atoms with van der Waals surface area (Å²) in [5.74, 6) is 0.0408. The van der Waals surface area contributed by atoms with E-state index in [-0.39, 0.29) is 17.2 Å². The predicted octanol–water partition coefficient (Wildman–Crippen LogP) is 4.03. The molecule has 0 unspecified atom stereocenters. The molecule has 0 spiro atoms. The molecule has 2 heterocycles. The fourth-order valence-electron chi connectivity index (χ4n) is 3.67. The molecular formula is C23H22N4O2S. The fourth-order valence-corrected chi connectivity index (χ4v) is 4.71. The number of nitrogens with two attached hydrogens (primary N) is 1. The van der Waals surface area contributed by atoms with Gasteiger partial charge in [0, 0.05) is 41.9 Å². The van der Waals surface area contributed by atoms with Gasteiger partial charge in [0.05, 0.1) is 15.9 Å². The second-order valence-corrected chi connectivity index (χ2v) is 9.01. The van der Waals surface area contributed by atoms with Crippen LogP contribution in [0.15, 0.2) is 48.7 Å². The van der Waals surface area contributed by atoms with Crippen LogP contribution in [0.25, 0.3) is 26.4 Å². The molecule has 152 valence electrons. The van der Waals surface area contributed by atoms with Gasteiger partial charge in [-0.25, -0.2) is 4.98 Å². The fraction of sp³-hybridized carbons (Fsp3) is 0.261. The van der Waals surface area contributed by atoms with Gasteiger partial charge in [-0.1, -0.05) is 23.5 Å². The van der Waals surface area contributed by atoms with Gasteiger partial charge in [-0.2, -0.15) is 0 Å². The van der Waals surface area contributed by atoms with Crippen LogP contribution in [0.5, 0.6) is 0 Å². The number of ketones is 1. The number of nitrogens with one attached hydrogen (secondary N) is 1. The predicted molar refractivity (Wildman–Crippen MR) is 119 cm³/mol. The first-order chi connectivity index (χ1) is 14.5. The van der Waals surface area contributed by atoms with Gasteiger partial charge < -0.3 is 11.1 Å². The third-order valence-electron chi connectivity index (χ3n) is 5.83. The van der Waals surface area contributed by atoms with Crippen molar-refractivity contribution < 1.29 is 9.59 Å². The van der Waals surface area contributed by atoms with Crippen molar-refractivity contribution in [2.45, 2.75) is 31.2 Å². The molecular weight excluding hydrogens is 396 g/mol. The lowest BCUT2D eigenvalue weighted by Gasteiger charge is -2.07. The van der Waals surface area contributed by atoms with Crippen molar-refractivity contribution in [3.8, 4) is 11.3 Å². The van der Waals surface area contributed by atoms with E-state index >= 15 is 0 Å². The number of Topliss-reactive ketones (excluding diaryl/α,β-unsaturated/α-hetero) is 1. The summed E-state index contributed by atoms with van der Waals surface area (Å²) in [5, 5.41) is 2.62. The maximum Gasteiger partial charge on any atom is 0.251 e. The number of carbonyl (C=O) groups is 2. The van der Waals surface area contributed by atoms with E-state index in [9.17, 15) is 9.59 Å². The number of thiazole rings is 1. The van der Waals surface area contributed by atoms with Crippen LogP contribution in [-0.4, -0.2) is 33.7 Å². The Morgan fingerprint density at radius 2 is 1.90 bits per heavy atom. The SMILES string of the molecule is CNC(=O)c1ccc(-c2cn3c(n2)sc2cc(C(=O)CCC4(N)CC4)ccc23)cc1. The number of nitrogens with zero attached hydrogens (tertiary/aromatic N) is 2. The maximum absolute atomic E-state index is 12.6. The normalized spacial score (nSPS) is 14.9. The topological polar surface area (TPSA) is 89.5 Å². The van der Waals surface area contributed by atoms with Crippen LogP contribution in [0.3, 0.4) is 0 Å². The second-order valence-electron chi connectivity index (χ2n) is 8.01. The molecule has 0 bridgehead atoms. The van der Waals surface area contributed by atoms with E-state index < -0.39 is 0 Å². The Morgan fingerprint density at radius 1 is 1.17 bits per heavy atom. The van der Waals surface area contributed by atoms with Gasteiger partial charge in [-0.3, -0.25) is 14.0 Å². The number of aromatic nitrogens is 2. The largest absolute Gasteiger partial charge is 0.355 e. The van der Waals surface area contributed by atoms with Gasteiger partial charge >= 0.3 is 0 Å².